The fourth-order valence-electron chi connectivity index (χ4n) is 1.66. The van der Waals surface area contributed by atoms with Gasteiger partial charge in [0, 0.05) is 12.1 Å². The van der Waals surface area contributed by atoms with E-state index in [0.29, 0.717) is 17.0 Å². The van der Waals surface area contributed by atoms with Gasteiger partial charge in [0.1, 0.15) is 11.4 Å². The molecule has 0 saturated heterocycles. The van der Waals surface area contributed by atoms with E-state index in [2.05, 4.69) is 5.10 Å². The molecule has 0 aliphatic heterocycles. The molecule has 0 bridgehead atoms. The zero-order chi connectivity index (χ0) is 14.0. The van der Waals surface area contributed by atoms with E-state index in [4.69, 9.17) is 16.3 Å². The van der Waals surface area contributed by atoms with Crippen LogP contribution in [-0.4, -0.2) is 22.1 Å². The quantitative estimate of drug-likeness (QED) is 0.805. The molecule has 19 heavy (non-hydrogen) atoms. The molecule has 1 heterocycles. The van der Waals surface area contributed by atoms with Gasteiger partial charge in [-0.25, -0.2) is 0 Å². The van der Waals surface area contributed by atoms with Gasteiger partial charge in [-0.2, -0.15) is 9.78 Å². The number of rotatable bonds is 3. The Hall–Kier alpha value is -2.14. The average molecular weight is 279 g/mol. The first-order valence-electron chi connectivity index (χ1n) is 5.48. The Kier molecular flexibility index (Phi) is 3.66. The lowest BCUT2D eigenvalue weighted by Crippen LogP contribution is -2.23. The summed E-state index contributed by atoms with van der Waals surface area (Å²) in [5, 5.41) is 3.28. The van der Waals surface area contributed by atoms with Crippen LogP contribution in [0.15, 0.2) is 35.1 Å². The number of hydrogen-bond donors (Lipinski definition) is 0. The highest BCUT2D eigenvalue weighted by molar-refractivity contribution is 6.67. The third-order valence-corrected chi connectivity index (χ3v) is 2.79. The SMILES string of the molecule is COc1cccc(-n2nc(C(=O)Cl)c(C)cc2=O)c1. The van der Waals surface area contributed by atoms with Gasteiger partial charge in [0.15, 0.2) is 0 Å². The number of methoxy groups -OCH3 is 1. The number of halogens is 1. The van der Waals surface area contributed by atoms with Crippen molar-refractivity contribution >= 4 is 16.8 Å². The number of carbonyl (C=O) groups is 1. The topological polar surface area (TPSA) is 61.2 Å². The highest BCUT2D eigenvalue weighted by atomic mass is 35.5. The predicted molar refractivity (Wildman–Crippen MR) is 71.3 cm³/mol. The lowest BCUT2D eigenvalue weighted by Gasteiger charge is -2.08. The van der Waals surface area contributed by atoms with Crippen LogP contribution in [0, 0.1) is 6.92 Å². The molecule has 0 N–H and O–H groups in total. The molecule has 0 spiro atoms. The molecule has 0 saturated carbocycles. The Morgan fingerprint density at radius 1 is 1.37 bits per heavy atom. The maximum atomic E-state index is 11.9. The van der Waals surface area contributed by atoms with Gasteiger partial charge in [-0.05, 0) is 36.2 Å². The van der Waals surface area contributed by atoms with Crippen molar-refractivity contribution in [1.29, 1.82) is 0 Å². The monoisotopic (exact) mass is 278 g/mol. The first-order chi connectivity index (χ1) is 9.02. The standard InChI is InChI=1S/C13H11ClN2O3/c1-8-6-11(17)16(15-12(8)13(14)18)9-4-3-5-10(7-9)19-2/h3-7H,1-2H3. The molecular formula is C13H11ClN2O3. The van der Waals surface area contributed by atoms with Gasteiger partial charge in [0.05, 0.1) is 12.8 Å². The third-order valence-electron chi connectivity index (χ3n) is 2.61. The molecule has 0 atom stereocenters. The molecule has 98 valence electrons. The Morgan fingerprint density at radius 2 is 2.11 bits per heavy atom. The molecule has 6 heteroatoms. The van der Waals surface area contributed by atoms with Gasteiger partial charge >= 0.3 is 0 Å². The first-order valence-corrected chi connectivity index (χ1v) is 5.86. The third kappa shape index (κ3) is 2.66. The second-order valence-electron chi connectivity index (χ2n) is 3.90. The average Bonchev–Trinajstić information content (AvgIpc) is 2.38. The minimum atomic E-state index is -0.700. The maximum Gasteiger partial charge on any atom is 0.272 e. The van der Waals surface area contributed by atoms with E-state index in [-0.39, 0.29) is 11.3 Å². The Morgan fingerprint density at radius 3 is 2.74 bits per heavy atom. The van der Waals surface area contributed by atoms with E-state index in [1.165, 1.54) is 13.2 Å². The predicted octanol–water partition coefficient (Wildman–Crippen LogP) is 1.93. The van der Waals surface area contributed by atoms with Crippen molar-refractivity contribution in [1.82, 2.24) is 9.78 Å². The molecule has 0 fully saturated rings. The summed E-state index contributed by atoms with van der Waals surface area (Å²) < 4.78 is 6.20. The number of carbonyl (C=O) groups excluding carboxylic acids is 1. The fraction of sp³-hybridized carbons (Fsp3) is 0.154. The van der Waals surface area contributed by atoms with Gasteiger partial charge in [-0.3, -0.25) is 9.59 Å². The maximum absolute atomic E-state index is 11.9. The van der Waals surface area contributed by atoms with E-state index in [1.54, 1.807) is 31.2 Å². The molecule has 0 aliphatic carbocycles. The fourth-order valence-corrected chi connectivity index (χ4v) is 1.85. The summed E-state index contributed by atoms with van der Waals surface area (Å²) in [5.74, 6) is 0.588. The van der Waals surface area contributed by atoms with E-state index in [0.717, 1.165) is 4.68 Å². The largest absolute Gasteiger partial charge is 0.497 e. The molecule has 1 aromatic carbocycles. The van der Waals surface area contributed by atoms with Crippen LogP contribution in [0.5, 0.6) is 5.75 Å². The van der Waals surface area contributed by atoms with Crippen LogP contribution in [0.4, 0.5) is 0 Å². The normalized spacial score (nSPS) is 10.3. The van der Waals surface area contributed by atoms with E-state index < -0.39 is 5.24 Å². The summed E-state index contributed by atoms with van der Waals surface area (Å²) in [6.45, 7) is 1.61. The smallest absolute Gasteiger partial charge is 0.272 e. The van der Waals surface area contributed by atoms with Crippen molar-refractivity contribution in [2.24, 2.45) is 0 Å². The van der Waals surface area contributed by atoms with Crippen molar-refractivity contribution in [3.8, 4) is 11.4 Å². The summed E-state index contributed by atoms with van der Waals surface area (Å²) in [5.41, 5.74) is 0.671. The number of ether oxygens (including phenoxy) is 1. The summed E-state index contributed by atoms with van der Waals surface area (Å²) in [6, 6.07) is 8.13. The number of aryl methyl sites for hydroxylation is 1. The molecule has 0 unspecified atom stereocenters. The summed E-state index contributed by atoms with van der Waals surface area (Å²) >= 11 is 5.44. The minimum Gasteiger partial charge on any atom is -0.497 e. The number of benzene rings is 1. The van der Waals surface area contributed by atoms with Crippen molar-refractivity contribution < 1.29 is 9.53 Å². The number of hydrogen-bond acceptors (Lipinski definition) is 4. The van der Waals surface area contributed by atoms with Crippen LogP contribution < -0.4 is 10.3 Å². The molecular weight excluding hydrogens is 268 g/mol. The lowest BCUT2D eigenvalue weighted by molar-refractivity contribution is 0.107. The molecule has 0 radical (unpaired) electrons. The number of aromatic nitrogens is 2. The van der Waals surface area contributed by atoms with E-state index in [9.17, 15) is 9.59 Å². The highest BCUT2D eigenvalue weighted by Gasteiger charge is 2.12. The van der Waals surface area contributed by atoms with Crippen molar-refractivity contribution in [2.45, 2.75) is 6.92 Å². The van der Waals surface area contributed by atoms with Crippen LogP contribution in [0.3, 0.4) is 0 Å². The van der Waals surface area contributed by atoms with Crippen LogP contribution >= 0.6 is 11.6 Å². The molecule has 2 aromatic rings. The van der Waals surface area contributed by atoms with Gasteiger partial charge in [0.2, 0.25) is 0 Å². The second kappa shape index (κ2) is 5.24. The van der Waals surface area contributed by atoms with E-state index >= 15 is 0 Å². The molecule has 0 aliphatic rings. The van der Waals surface area contributed by atoms with Gasteiger partial charge in [0.25, 0.3) is 10.8 Å². The van der Waals surface area contributed by atoms with E-state index in [1.807, 2.05) is 0 Å². The van der Waals surface area contributed by atoms with Crippen molar-refractivity contribution in [2.75, 3.05) is 7.11 Å². The van der Waals surface area contributed by atoms with Crippen molar-refractivity contribution in [3.05, 3.63) is 51.9 Å². The Bertz CT molecular complexity index is 695. The Balaban J connectivity index is 2.64. The van der Waals surface area contributed by atoms with Crippen LogP contribution in [0.2, 0.25) is 0 Å². The van der Waals surface area contributed by atoms with Crippen LogP contribution in [-0.2, 0) is 0 Å². The minimum absolute atomic E-state index is 0.0593. The molecule has 5 nitrogen and oxygen atoms in total. The summed E-state index contributed by atoms with van der Waals surface area (Å²) in [7, 11) is 1.53. The molecule has 0 amide bonds. The van der Waals surface area contributed by atoms with Crippen LogP contribution in [0.25, 0.3) is 5.69 Å². The van der Waals surface area contributed by atoms with Gasteiger partial charge < -0.3 is 4.74 Å². The zero-order valence-corrected chi connectivity index (χ0v) is 11.1. The zero-order valence-electron chi connectivity index (χ0n) is 10.4. The number of nitrogens with zero attached hydrogens (tertiary/aromatic N) is 2. The summed E-state index contributed by atoms with van der Waals surface area (Å²) in [4.78, 5) is 23.2. The van der Waals surface area contributed by atoms with Gasteiger partial charge in [-0.15, -0.1) is 0 Å². The Labute approximate surface area is 114 Å². The molecule has 2 rings (SSSR count). The molecule has 1 aromatic heterocycles. The highest BCUT2D eigenvalue weighted by Crippen LogP contribution is 2.15. The second-order valence-corrected chi connectivity index (χ2v) is 4.24. The van der Waals surface area contributed by atoms with Crippen molar-refractivity contribution in [3.63, 3.8) is 0 Å². The first kappa shape index (κ1) is 13.3. The lowest BCUT2D eigenvalue weighted by atomic mass is 10.2. The van der Waals surface area contributed by atoms with Gasteiger partial charge in [-0.1, -0.05) is 6.07 Å². The summed E-state index contributed by atoms with van der Waals surface area (Å²) in [6.07, 6.45) is 0. The van der Waals surface area contributed by atoms with Crippen LogP contribution in [0.1, 0.15) is 16.1 Å².